The summed E-state index contributed by atoms with van der Waals surface area (Å²) in [4.78, 5) is 39.3. The number of nitrogens with two attached hydrogens (primary N) is 1. The molecule has 0 radical (unpaired) electrons. The van der Waals surface area contributed by atoms with E-state index in [2.05, 4.69) is 19.5 Å². The van der Waals surface area contributed by atoms with E-state index in [9.17, 15) is 14.5 Å². The van der Waals surface area contributed by atoms with E-state index in [0.29, 0.717) is 0 Å². The van der Waals surface area contributed by atoms with Crippen molar-refractivity contribution in [3.63, 3.8) is 0 Å². The van der Waals surface area contributed by atoms with Gasteiger partial charge in [0.2, 0.25) is 5.95 Å². The van der Waals surface area contributed by atoms with Gasteiger partial charge >= 0.3 is 7.82 Å². The molecule has 126 valence electrons. The SMILES string of the molecule is Nc1nc2c(ncn2[C@@H]2C[C@H](O)[C@H](COP(=O)(O)O)O2)c(=O)[nH]1. The minimum Gasteiger partial charge on any atom is -0.390 e. The molecule has 0 amide bonds. The van der Waals surface area contributed by atoms with E-state index in [1.165, 1.54) is 10.9 Å². The lowest BCUT2D eigenvalue weighted by atomic mass is 10.2. The molecule has 3 rings (SSSR count). The monoisotopic (exact) mass is 347 g/mol. The second-order valence-corrected chi connectivity index (χ2v) is 6.23. The Morgan fingerprint density at radius 3 is 3.00 bits per heavy atom. The number of nitrogens with one attached hydrogen (secondary N) is 1. The Morgan fingerprint density at radius 1 is 1.57 bits per heavy atom. The lowest BCUT2D eigenvalue weighted by Gasteiger charge is -2.16. The number of aliphatic hydroxyl groups is 1. The Balaban J connectivity index is 1.84. The topological polar surface area (TPSA) is 186 Å². The number of phosphoric acid groups is 1. The summed E-state index contributed by atoms with van der Waals surface area (Å²) in [6.45, 7) is -0.481. The van der Waals surface area contributed by atoms with Crippen molar-refractivity contribution in [3.05, 3.63) is 16.7 Å². The third kappa shape index (κ3) is 3.27. The quantitative estimate of drug-likeness (QED) is 0.406. The van der Waals surface area contributed by atoms with Crippen LogP contribution in [-0.4, -0.2) is 53.2 Å². The molecular formula is C10H14N5O7P. The zero-order valence-electron chi connectivity index (χ0n) is 11.6. The van der Waals surface area contributed by atoms with Crippen LogP contribution >= 0.6 is 7.82 Å². The molecule has 23 heavy (non-hydrogen) atoms. The van der Waals surface area contributed by atoms with Gasteiger partial charge in [0.05, 0.1) is 19.0 Å². The summed E-state index contributed by atoms with van der Waals surface area (Å²) in [6, 6.07) is 0. The maximum Gasteiger partial charge on any atom is 0.469 e. The molecule has 13 heteroatoms. The number of imidazole rings is 1. The van der Waals surface area contributed by atoms with Gasteiger partial charge in [0.1, 0.15) is 12.3 Å². The molecule has 0 saturated carbocycles. The molecule has 0 aromatic carbocycles. The van der Waals surface area contributed by atoms with Crippen molar-refractivity contribution in [1.29, 1.82) is 0 Å². The van der Waals surface area contributed by atoms with Crippen molar-refractivity contribution in [2.45, 2.75) is 24.9 Å². The minimum atomic E-state index is -4.66. The van der Waals surface area contributed by atoms with E-state index in [1.54, 1.807) is 0 Å². The summed E-state index contributed by atoms with van der Waals surface area (Å²) in [5, 5.41) is 9.93. The van der Waals surface area contributed by atoms with Crippen LogP contribution in [0.5, 0.6) is 0 Å². The zero-order chi connectivity index (χ0) is 16.8. The second kappa shape index (κ2) is 5.67. The Labute approximate surface area is 128 Å². The average Bonchev–Trinajstić information content (AvgIpc) is 2.99. The Kier molecular flexibility index (Phi) is 3.96. The largest absolute Gasteiger partial charge is 0.469 e. The van der Waals surface area contributed by atoms with Crippen molar-refractivity contribution >= 4 is 24.9 Å². The molecular weight excluding hydrogens is 333 g/mol. The normalized spacial score (nSPS) is 25.3. The third-order valence-corrected chi connectivity index (χ3v) is 3.86. The summed E-state index contributed by atoms with van der Waals surface area (Å²) in [5.74, 6) is -0.0934. The Hall–Kier alpha value is -1.82. The summed E-state index contributed by atoms with van der Waals surface area (Å²) < 4.78 is 22.0. The van der Waals surface area contributed by atoms with Gasteiger partial charge in [-0.3, -0.25) is 18.9 Å². The summed E-state index contributed by atoms with van der Waals surface area (Å²) >= 11 is 0. The molecule has 6 N–H and O–H groups in total. The van der Waals surface area contributed by atoms with Crippen LogP contribution < -0.4 is 11.3 Å². The van der Waals surface area contributed by atoms with Gasteiger partial charge < -0.3 is 25.4 Å². The fraction of sp³-hybridized carbons (Fsp3) is 0.500. The van der Waals surface area contributed by atoms with Crippen LogP contribution in [0.1, 0.15) is 12.6 Å². The van der Waals surface area contributed by atoms with Gasteiger partial charge in [0.15, 0.2) is 11.2 Å². The summed E-state index contributed by atoms with van der Waals surface area (Å²) in [5.41, 5.74) is 5.23. The lowest BCUT2D eigenvalue weighted by molar-refractivity contribution is -0.0424. The van der Waals surface area contributed by atoms with Crippen molar-refractivity contribution in [2.75, 3.05) is 12.3 Å². The van der Waals surface area contributed by atoms with Crippen molar-refractivity contribution < 1.29 is 28.7 Å². The highest BCUT2D eigenvalue weighted by molar-refractivity contribution is 7.46. The van der Waals surface area contributed by atoms with Crippen LogP contribution in [0.4, 0.5) is 5.95 Å². The number of rotatable bonds is 4. The Bertz CT molecular complexity index is 829. The maximum absolute atomic E-state index is 11.7. The standard InChI is InChI=1S/C10H14N5O7P/c11-10-13-8-7(9(17)14-10)12-3-15(8)6-1-4(16)5(22-6)2-21-23(18,19)20/h3-6,16H,1-2H2,(H2,18,19,20)(H3,11,13,14,17)/t4-,5-,6-/m0/s1. The highest BCUT2D eigenvalue weighted by Crippen LogP contribution is 2.38. The summed E-state index contributed by atoms with van der Waals surface area (Å²) in [7, 11) is -4.66. The van der Waals surface area contributed by atoms with Gasteiger partial charge in [0.25, 0.3) is 5.56 Å². The molecule has 1 saturated heterocycles. The number of aromatic amines is 1. The first-order valence-corrected chi connectivity index (χ1v) is 8.03. The molecule has 12 nitrogen and oxygen atoms in total. The van der Waals surface area contributed by atoms with Crippen LogP contribution in [0.3, 0.4) is 0 Å². The molecule has 2 aromatic rings. The molecule has 3 heterocycles. The molecule has 0 bridgehead atoms. The molecule has 1 aliphatic heterocycles. The smallest absolute Gasteiger partial charge is 0.390 e. The number of anilines is 1. The molecule has 1 aliphatic rings. The molecule has 3 atom stereocenters. The highest BCUT2D eigenvalue weighted by Gasteiger charge is 2.37. The number of aliphatic hydroxyl groups excluding tert-OH is 1. The van der Waals surface area contributed by atoms with Crippen molar-refractivity contribution in [2.24, 2.45) is 0 Å². The van der Waals surface area contributed by atoms with Gasteiger partial charge in [-0.1, -0.05) is 0 Å². The van der Waals surface area contributed by atoms with Crippen molar-refractivity contribution in [1.82, 2.24) is 19.5 Å². The van der Waals surface area contributed by atoms with E-state index in [0.717, 1.165) is 0 Å². The number of hydrogen-bond acceptors (Lipinski definition) is 8. The van der Waals surface area contributed by atoms with Crippen LogP contribution in [0.2, 0.25) is 0 Å². The number of H-pyrrole nitrogens is 1. The molecule has 1 fully saturated rings. The van der Waals surface area contributed by atoms with Crippen LogP contribution in [0, 0.1) is 0 Å². The zero-order valence-corrected chi connectivity index (χ0v) is 12.5. The predicted octanol–water partition coefficient (Wildman–Crippen LogP) is -1.54. The first-order chi connectivity index (χ1) is 10.7. The van der Waals surface area contributed by atoms with Crippen LogP contribution in [-0.2, 0) is 13.8 Å². The fourth-order valence-corrected chi connectivity index (χ4v) is 2.70. The number of fused-ring (bicyclic) bond motifs is 1. The van der Waals surface area contributed by atoms with Gasteiger partial charge in [-0.25, -0.2) is 9.55 Å². The number of ether oxygens (including phenoxy) is 1. The highest BCUT2D eigenvalue weighted by atomic mass is 31.2. The first-order valence-electron chi connectivity index (χ1n) is 6.50. The first kappa shape index (κ1) is 16.1. The predicted molar refractivity (Wildman–Crippen MR) is 75.1 cm³/mol. The van der Waals surface area contributed by atoms with E-state index in [1.807, 2.05) is 0 Å². The third-order valence-electron chi connectivity index (χ3n) is 3.37. The second-order valence-electron chi connectivity index (χ2n) is 4.99. The number of nitrogens with zero attached hydrogens (tertiary/aromatic N) is 3. The van der Waals surface area contributed by atoms with E-state index >= 15 is 0 Å². The fourth-order valence-electron chi connectivity index (χ4n) is 2.36. The van der Waals surface area contributed by atoms with E-state index < -0.39 is 38.4 Å². The molecule has 0 aliphatic carbocycles. The van der Waals surface area contributed by atoms with E-state index in [-0.39, 0.29) is 23.5 Å². The molecule has 0 spiro atoms. The van der Waals surface area contributed by atoms with Crippen LogP contribution in [0.15, 0.2) is 11.1 Å². The van der Waals surface area contributed by atoms with E-state index in [4.69, 9.17) is 20.3 Å². The number of nitrogen functional groups attached to an aromatic ring is 1. The average molecular weight is 347 g/mol. The molecule has 2 aromatic heterocycles. The molecule has 0 unspecified atom stereocenters. The maximum atomic E-state index is 11.7. The number of aromatic nitrogens is 4. The number of phosphoric ester groups is 1. The van der Waals surface area contributed by atoms with Gasteiger partial charge in [0, 0.05) is 6.42 Å². The van der Waals surface area contributed by atoms with Gasteiger partial charge in [-0.05, 0) is 0 Å². The minimum absolute atomic E-state index is 0.0622. The van der Waals surface area contributed by atoms with Gasteiger partial charge in [-0.15, -0.1) is 0 Å². The van der Waals surface area contributed by atoms with Crippen molar-refractivity contribution in [3.8, 4) is 0 Å². The summed E-state index contributed by atoms with van der Waals surface area (Å²) in [6.07, 6.45) is -1.26. The number of hydrogen-bond donors (Lipinski definition) is 5. The van der Waals surface area contributed by atoms with Gasteiger partial charge in [-0.2, -0.15) is 4.98 Å². The Morgan fingerprint density at radius 2 is 2.30 bits per heavy atom. The lowest BCUT2D eigenvalue weighted by Crippen LogP contribution is -2.25. The van der Waals surface area contributed by atoms with Crippen LogP contribution in [0.25, 0.3) is 11.2 Å².